The fourth-order valence-electron chi connectivity index (χ4n) is 6.90. The second kappa shape index (κ2) is 15.6. The number of ether oxygens (including phenoxy) is 4. The number of carboxylic acid groups (broad SMARTS) is 1. The van der Waals surface area contributed by atoms with Crippen LogP contribution < -0.4 is 19.5 Å². The first kappa shape index (κ1) is 34.7. The Kier molecular flexibility index (Phi) is 10.8. The van der Waals surface area contributed by atoms with Crippen molar-refractivity contribution in [1.82, 2.24) is 15.2 Å². The Balaban J connectivity index is 0.000000173. The van der Waals surface area contributed by atoms with Gasteiger partial charge in [0.25, 0.3) is 0 Å². The number of carboxylic acids is 1. The summed E-state index contributed by atoms with van der Waals surface area (Å²) < 4.78 is 20.7. The van der Waals surface area contributed by atoms with Crippen LogP contribution >= 0.6 is 0 Å². The Morgan fingerprint density at radius 1 is 1.08 bits per heavy atom. The van der Waals surface area contributed by atoms with Crippen LogP contribution in [0.3, 0.4) is 0 Å². The number of benzene rings is 3. The molecule has 0 radical (unpaired) electrons. The molecule has 4 aliphatic heterocycles. The summed E-state index contributed by atoms with van der Waals surface area (Å²) in [6, 6.07) is 19.9. The number of nitrogens with one attached hydrogen (secondary N) is 1. The first-order chi connectivity index (χ1) is 24.2. The van der Waals surface area contributed by atoms with Crippen LogP contribution in [0.4, 0.5) is 4.79 Å². The number of carbonyl (C=O) groups excluding carboxylic acids is 1. The number of aliphatic hydroxyl groups excluding tert-OH is 2. The maximum absolute atomic E-state index is 11.9. The van der Waals surface area contributed by atoms with Gasteiger partial charge in [-0.15, -0.1) is 6.58 Å². The maximum Gasteiger partial charge on any atom is 0.408 e. The van der Waals surface area contributed by atoms with Crippen molar-refractivity contribution < 1.29 is 43.9 Å². The molecule has 4 aromatic rings. The molecule has 12 heteroatoms. The van der Waals surface area contributed by atoms with Gasteiger partial charge < -0.3 is 39.6 Å². The summed E-state index contributed by atoms with van der Waals surface area (Å²) >= 11 is 0. The standard InChI is InChI=1S/C20H24N2O2.C18H17NO7/c1-3-13-12-22-9-7-14(13)10-19(22)20(23)16-6-8-21-18-5-4-15(24-2)11-17(16)18;20-16(12-6-7-13-14(8-12)26-10-25-13)15(17(21)22)19-18(23)24-9-11-4-2-1-3-5-11/h3-6,8,11,13-14,19-20,23H,1,7,9-10,12H2,2H3;1-8,15-16,20H,9-10H2,(H,19,23)(H,21,22)/t13-,14-,19+,20-;15-,16?/m00/s1. The summed E-state index contributed by atoms with van der Waals surface area (Å²) in [5, 5.41) is 34.0. The van der Waals surface area contributed by atoms with E-state index in [2.05, 4.69) is 27.9 Å². The van der Waals surface area contributed by atoms with E-state index in [1.54, 1.807) is 43.6 Å². The molecule has 262 valence electrons. The van der Waals surface area contributed by atoms with E-state index >= 15 is 0 Å². The van der Waals surface area contributed by atoms with Crippen molar-refractivity contribution >= 4 is 23.0 Å². The number of alkyl carbamates (subject to hydrolysis) is 1. The predicted molar refractivity (Wildman–Crippen MR) is 184 cm³/mol. The average Bonchev–Trinajstić information content (AvgIpc) is 3.64. The third-order valence-corrected chi connectivity index (χ3v) is 9.63. The zero-order valence-corrected chi connectivity index (χ0v) is 27.7. The monoisotopic (exact) mass is 683 g/mol. The Bertz CT molecular complexity index is 1820. The molecule has 1 aromatic heterocycles. The molecular formula is C38H41N3O9. The Hall–Kier alpha value is -5.17. The van der Waals surface area contributed by atoms with Crippen LogP contribution in [-0.4, -0.2) is 76.3 Å². The number of pyridine rings is 1. The molecule has 50 heavy (non-hydrogen) atoms. The first-order valence-electron chi connectivity index (χ1n) is 16.5. The van der Waals surface area contributed by atoms with Crippen LogP contribution in [0.2, 0.25) is 0 Å². The number of aliphatic carboxylic acids is 1. The molecule has 0 spiro atoms. The van der Waals surface area contributed by atoms with Crippen LogP contribution in [0.1, 0.15) is 41.7 Å². The SMILES string of the molecule is C=C[C@H]1C[N@]2CC[C@H]1C[C@@H]2[C@@H](O)c1ccnc2ccc(OC)cc12.O=C(N[C@H](C(=O)O)C(O)c1ccc2c(c1)OCO2)OCc1ccccc1. The molecule has 5 heterocycles. The van der Waals surface area contributed by atoms with E-state index in [1.165, 1.54) is 18.6 Å². The number of amides is 1. The number of rotatable bonds is 10. The van der Waals surface area contributed by atoms with E-state index < -0.39 is 30.3 Å². The second-order valence-electron chi connectivity index (χ2n) is 12.6. The molecule has 1 amide bonds. The third-order valence-electron chi connectivity index (χ3n) is 9.63. The number of hydrogen-bond donors (Lipinski definition) is 4. The number of carbonyl (C=O) groups is 2. The van der Waals surface area contributed by atoms with Gasteiger partial charge in [0.15, 0.2) is 17.5 Å². The summed E-state index contributed by atoms with van der Waals surface area (Å²) in [4.78, 5) is 30.2. The number of methoxy groups -OCH3 is 1. The summed E-state index contributed by atoms with van der Waals surface area (Å²) in [5.41, 5.74) is 2.87. The van der Waals surface area contributed by atoms with Crippen LogP contribution in [-0.2, 0) is 16.1 Å². The first-order valence-corrected chi connectivity index (χ1v) is 16.5. The lowest BCUT2D eigenvalue weighted by Gasteiger charge is -2.50. The molecule has 3 aromatic carbocycles. The van der Waals surface area contributed by atoms with Crippen molar-refractivity contribution in [3.05, 3.63) is 108 Å². The van der Waals surface area contributed by atoms with Crippen molar-refractivity contribution in [3.8, 4) is 17.2 Å². The molecule has 2 bridgehead atoms. The summed E-state index contributed by atoms with van der Waals surface area (Å²) in [7, 11) is 1.66. The van der Waals surface area contributed by atoms with Gasteiger partial charge in [0.2, 0.25) is 6.79 Å². The number of nitrogens with zero attached hydrogens (tertiary/aromatic N) is 2. The van der Waals surface area contributed by atoms with E-state index in [-0.39, 0.29) is 25.0 Å². The van der Waals surface area contributed by atoms with Gasteiger partial charge in [0.1, 0.15) is 18.5 Å². The van der Waals surface area contributed by atoms with Crippen LogP contribution in [0, 0.1) is 11.8 Å². The smallest absolute Gasteiger partial charge is 0.408 e. The minimum atomic E-state index is -1.58. The van der Waals surface area contributed by atoms with E-state index in [4.69, 9.17) is 18.9 Å². The molecule has 1 unspecified atom stereocenters. The van der Waals surface area contributed by atoms with Gasteiger partial charge in [-0.2, -0.15) is 0 Å². The third kappa shape index (κ3) is 7.67. The lowest BCUT2D eigenvalue weighted by Crippen LogP contribution is -2.54. The quantitative estimate of drug-likeness (QED) is 0.167. The fourth-order valence-corrected chi connectivity index (χ4v) is 6.90. The van der Waals surface area contributed by atoms with Gasteiger partial charge in [-0.25, -0.2) is 9.59 Å². The minimum absolute atomic E-state index is 0.0148. The predicted octanol–water partition coefficient (Wildman–Crippen LogP) is 5.00. The molecule has 7 atom stereocenters. The molecule has 3 fully saturated rings. The molecule has 4 N–H and O–H groups in total. The average molecular weight is 684 g/mol. The number of fused-ring (bicyclic) bond motifs is 5. The minimum Gasteiger partial charge on any atom is -0.497 e. The second-order valence-corrected chi connectivity index (χ2v) is 12.6. The van der Waals surface area contributed by atoms with E-state index in [9.17, 15) is 24.9 Å². The van der Waals surface area contributed by atoms with Crippen molar-refractivity contribution in [2.75, 3.05) is 27.0 Å². The lowest BCUT2D eigenvalue weighted by atomic mass is 9.73. The summed E-state index contributed by atoms with van der Waals surface area (Å²) in [5.74, 6) is 1.51. The largest absolute Gasteiger partial charge is 0.497 e. The zero-order valence-electron chi connectivity index (χ0n) is 27.7. The molecular weight excluding hydrogens is 642 g/mol. The molecule has 0 aliphatic carbocycles. The van der Waals surface area contributed by atoms with Crippen LogP contribution in [0.15, 0.2) is 91.6 Å². The number of piperidine rings is 3. The molecule has 12 nitrogen and oxygen atoms in total. The topological polar surface area (TPSA) is 160 Å². The number of aromatic nitrogens is 1. The zero-order chi connectivity index (χ0) is 35.2. The van der Waals surface area contributed by atoms with Gasteiger partial charge in [-0.1, -0.05) is 42.5 Å². The van der Waals surface area contributed by atoms with Gasteiger partial charge in [0.05, 0.1) is 18.7 Å². The van der Waals surface area contributed by atoms with Crippen molar-refractivity contribution in [1.29, 1.82) is 0 Å². The Morgan fingerprint density at radius 3 is 2.60 bits per heavy atom. The molecule has 8 rings (SSSR count). The van der Waals surface area contributed by atoms with Gasteiger partial charge >= 0.3 is 12.1 Å². The number of hydrogen-bond acceptors (Lipinski definition) is 10. The maximum atomic E-state index is 11.9. The summed E-state index contributed by atoms with van der Waals surface area (Å²) in [6.45, 7) is 6.11. The highest BCUT2D eigenvalue weighted by Crippen LogP contribution is 2.42. The highest BCUT2D eigenvalue weighted by atomic mass is 16.7. The highest BCUT2D eigenvalue weighted by Gasteiger charge is 2.42. The van der Waals surface area contributed by atoms with Gasteiger partial charge in [0, 0.05) is 24.2 Å². The van der Waals surface area contributed by atoms with Gasteiger partial charge in [-0.05, 0) is 84.3 Å². The van der Waals surface area contributed by atoms with Crippen LogP contribution in [0.25, 0.3) is 10.9 Å². The van der Waals surface area contributed by atoms with Crippen LogP contribution in [0.5, 0.6) is 17.2 Å². The highest BCUT2D eigenvalue weighted by molar-refractivity contribution is 5.84. The Labute approximate surface area is 289 Å². The van der Waals surface area contributed by atoms with Crippen molar-refractivity contribution in [3.63, 3.8) is 0 Å². The van der Waals surface area contributed by atoms with Crippen molar-refractivity contribution in [2.45, 2.75) is 43.7 Å². The van der Waals surface area contributed by atoms with Crippen molar-refractivity contribution in [2.24, 2.45) is 11.8 Å². The van der Waals surface area contributed by atoms with E-state index in [0.717, 1.165) is 47.3 Å². The summed E-state index contributed by atoms with van der Waals surface area (Å²) in [6.07, 6.45) is 3.18. The lowest BCUT2D eigenvalue weighted by molar-refractivity contribution is -0.142. The molecule has 4 aliphatic rings. The van der Waals surface area contributed by atoms with E-state index in [0.29, 0.717) is 23.3 Å². The normalized spacial score (nSPS) is 22.0. The molecule has 3 saturated heterocycles. The van der Waals surface area contributed by atoms with E-state index in [1.807, 2.05) is 30.3 Å². The number of aliphatic hydroxyl groups is 2. The molecule has 0 saturated carbocycles. The van der Waals surface area contributed by atoms with Gasteiger partial charge in [-0.3, -0.25) is 9.88 Å². The Morgan fingerprint density at radius 2 is 1.88 bits per heavy atom. The fraction of sp³-hybridized carbons (Fsp3) is 0.342.